The maximum absolute atomic E-state index is 12.2. The summed E-state index contributed by atoms with van der Waals surface area (Å²) < 4.78 is 0.876. The lowest BCUT2D eigenvalue weighted by atomic mass is 10.1. The van der Waals surface area contributed by atoms with Crippen LogP contribution in [-0.4, -0.2) is 26.2 Å². The molecule has 0 spiro atoms. The lowest BCUT2D eigenvalue weighted by Crippen LogP contribution is -2.11. The van der Waals surface area contributed by atoms with E-state index < -0.39 is 0 Å². The van der Waals surface area contributed by atoms with Crippen LogP contribution in [0.5, 0.6) is 0 Å². The normalized spacial score (nSPS) is 14.3. The van der Waals surface area contributed by atoms with Gasteiger partial charge in [0.1, 0.15) is 5.82 Å². The Hall–Kier alpha value is -1.93. The number of fused-ring (bicyclic) bond motifs is 1. The first kappa shape index (κ1) is 14.6. The van der Waals surface area contributed by atoms with Gasteiger partial charge < -0.3 is 10.3 Å². The summed E-state index contributed by atoms with van der Waals surface area (Å²) >= 11 is 3.08. The van der Waals surface area contributed by atoms with Gasteiger partial charge in [-0.25, -0.2) is 4.98 Å². The molecule has 1 aliphatic carbocycles. The van der Waals surface area contributed by atoms with Crippen molar-refractivity contribution >= 4 is 39.1 Å². The number of para-hydroxylation sites is 1. The molecule has 0 atom stereocenters. The number of aromatic amines is 1. The van der Waals surface area contributed by atoms with Crippen molar-refractivity contribution in [2.75, 3.05) is 5.32 Å². The van der Waals surface area contributed by atoms with Crippen molar-refractivity contribution in [3.63, 3.8) is 0 Å². The molecule has 0 amide bonds. The predicted molar refractivity (Wildman–Crippen MR) is 93.2 cm³/mol. The zero-order valence-corrected chi connectivity index (χ0v) is 14.1. The Morgan fingerprint density at radius 1 is 1.39 bits per heavy atom. The van der Waals surface area contributed by atoms with Gasteiger partial charge in [-0.2, -0.15) is 0 Å². The molecule has 1 aromatic carbocycles. The highest BCUT2D eigenvalue weighted by atomic mass is 32.2. The van der Waals surface area contributed by atoms with Gasteiger partial charge in [0.15, 0.2) is 4.34 Å². The van der Waals surface area contributed by atoms with Crippen LogP contribution in [0.1, 0.15) is 24.2 Å². The Morgan fingerprint density at radius 2 is 2.26 bits per heavy atom. The minimum atomic E-state index is -0.0948. The summed E-state index contributed by atoms with van der Waals surface area (Å²) in [5, 5.41) is 13.1. The third-order valence-corrected chi connectivity index (χ3v) is 5.63. The van der Waals surface area contributed by atoms with Crippen molar-refractivity contribution in [3.8, 4) is 0 Å². The van der Waals surface area contributed by atoms with E-state index in [-0.39, 0.29) is 5.56 Å². The maximum Gasteiger partial charge on any atom is 0.258 e. The van der Waals surface area contributed by atoms with E-state index in [9.17, 15) is 4.79 Å². The van der Waals surface area contributed by atoms with E-state index in [1.807, 2.05) is 19.1 Å². The minimum Gasteiger partial charge on any atom is -0.357 e. The van der Waals surface area contributed by atoms with Crippen LogP contribution >= 0.6 is 23.1 Å². The number of thioether (sulfide) groups is 1. The number of hydrogen-bond acceptors (Lipinski definition) is 7. The van der Waals surface area contributed by atoms with Crippen molar-refractivity contribution in [1.29, 1.82) is 0 Å². The standard InChI is InChI=1S/C15H15N5OS2/c1-8-3-2-4-10-12(8)17-11(18-13(10)21)7-22-15-20-19-14(23-15)16-9-5-6-9/h2-4,9H,5-7H2,1H3,(H,16,19)(H,17,18,21). The van der Waals surface area contributed by atoms with Gasteiger partial charge in [-0.05, 0) is 31.4 Å². The molecule has 1 aliphatic rings. The summed E-state index contributed by atoms with van der Waals surface area (Å²) in [5.74, 6) is 1.23. The van der Waals surface area contributed by atoms with E-state index in [4.69, 9.17) is 0 Å². The number of aryl methyl sites for hydroxylation is 1. The molecule has 0 bridgehead atoms. The lowest BCUT2D eigenvalue weighted by molar-refractivity contribution is 0.989. The third kappa shape index (κ3) is 3.23. The van der Waals surface area contributed by atoms with Crippen LogP contribution in [0, 0.1) is 6.92 Å². The smallest absolute Gasteiger partial charge is 0.258 e. The largest absolute Gasteiger partial charge is 0.357 e. The molecule has 0 unspecified atom stereocenters. The zero-order chi connectivity index (χ0) is 15.8. The molecule has 2 N–H and O–H groups in total. The first-order valence-corrected chi connectivity index (χ1v) is 9.20. The number of nitrogens with one attached hydrogen (secondary N) is 2. The van der Waals surface area contributed by atoms with Crippen LogP contribution in [0.4, 0.5) is 5.13 Å². The molecule has 118 valence electrons. The van der Waals surface area contributed by atoms with Crippen LogP contribution in [-0.2, 0) is 5.75 Å². The Kier molecular flexibility index (Phi) is 3.78. The fraction of sp³-hybridized carbons (Fsp3) is 0.333. The van der Waals surface area contributed by atoms with Gasteiger partial charge in [0, 0.05) is 6.04 Å². The molecule has 1 fully saturated rings. The minimum absolute atomic E-state index is 0.0948. The second kappa shape index (κ2) is 5.93. The molecule has 8 heteroatoms. The number of benzene rings is 1. The number of rotatable bonds is 5. The van der Waals surface area contributed by atoms with Crippen LogP contribution in [0.2, 0.25) is 0 Å². The second-order valence-corrected chi connectivity index (χ2v) is 7.76. The molecule has 6 nitrogen and oxygen atoms in total. The van der Waals surface area contributed by atoms with Gasteiger partial charge in [0.25, 0.3) is 5.56 Å². The van der Waals surface area contributed by atoms with Gasteiger partial charge in [-0.3, -0.25) is 4.79 Å². The monoisotopic (exact) mass is 345 g/mol. The van der Waals surface area contributed by atoms with E-state index in [1.54, 1.807) is 17.4 Å². The van der Waals surface area contributed by atoms with Crippen molar-refractivity contribution in [2.45, 2.75) is 35.9 Å². The fourth-order valence-corrected chi connectivity index (χ4v) is 3.98. The summed E-state index contributed by atoms with van der Waals surface area (Å²) in [6.45, 7) is 1.96. The molecule has 4 rings (SSSR count). The summed E-state index contributed by atoms with van der Waals surface area (Å²) in [7, 11) is 0. The molecular formula is C15H15N5OS2. The molecule has 0 saturated heterocycles. The number of aromatic nitrogens is 4. The first-order chi connectivity index (χ1) is 11.2. The number of nitrogens with zero attached hydrogens (tertiary/aromatic N) is 3. The lowest BCUT2D eigenvalue weighted by Gasteiger charge is -2.03. The van der Waals surface area contributed by atoms with E-state index in [1.165, 1.54) is 24.6 Å². The van der Waals surface area contributed by atoms with Crippen molar-refractivity contribution in [2.24, 2.45) is 0 Å². The van der Waals surface area contributed by atoms with Crippen LogP contribution in [0.25, 0.3) is 10.9 Å². The van der Waals surface area contributed by atoms with Gasteiger partial charge in [0.2, 0.25) is 5.13 Å². The van der Waals surface area contributed by atoms with E-state index in [0.29, 0.717) is 23.0 Å². The Morgan fingerprint density at radius 3 is 3.09 bits per heavy atom. The molecule has 0 aliphatic heterocycles. The highest BCUT2D eigenvalue weighted by molar-refractivity contribution is 8.00. The first-order valence-electron chi connectivity index (χ1n) is 7.40. The number of H-pyrrole nitrogens is 1. The molecule has 23 heavy (non-hydrogen) atoms. The number of anilines is 1. The predicted octanol–water partition coefficient (Wildman–Crippen LogP) is 2.95. The van der Waals surface area contributed by atoms with E-state index >= 15 is 0 Å². The number of hydrogen-bond donors (Lipinski definition) is 2. The quantitative estimate of drug-likeness (QED) is 0.692. The molecule has 3 aromatic rings. The Labute approximate surface area is 140 Å². The summed E-state index contributed by atoms with van der Waals surface area (Å²) in [5.41, 5.74) is 1.68. The van der Waals surface area contributed by atoms with Gasteiger partial charge in [-0.1, -0.05) is 35.2 Å². The van der Waals surface area contributed by atoms with E-state index in [0.717, 1.165) is 20.6 Å². The van der Waals surface area contributed by atoms with Crippen molar-refractivity contribution < 1.29 is 0 Å². The average molecular weight is 345 g/mol. The summed E-state index contributed by atoms with van der Waals surface area (Å²) in [6, 6.07) is 6.21. The molecule has 1 saturated carbocycles. The Balaban J connectivity index is 1.52. The maximum atomic E-state index is 12.2. The second-order valence-electron chi connectivity index (χ2n) is 5.56. The van der Waals surface area contributed by atoms with E-state index in [2.05, 4.69) is 25.5 Å². The topological polar surface area (TPSA) is 83.6 Å². The molecular weight excluding hydrogens is 330 g/mol. The summed E-state index contributed by atoms with van der Waals surface area (Å²) in [4.78, 5) is 19.6. The van der Waals surface area contributed by atoms with Crippen LogP contribution in [0.15, 0.2) is 27.3 Å². The van der Waals surface area contributed by atoms with Crippen LogP contribution < -0.4 is 10.9 Å². The third-order valence-electron chi connectivity index (χ3n) is 3.63. The Bertz CT molecular complexity index is 916. The summed E-state index contributed by atoms with van der Waals surface area (Å²) in [6.07, 6.45) is 2.42. The van der Waals surface area contributed by atoms with Gasteiger partial charge >= 0.3 is 0 Å². The van der Waals surface area contributed by atoms with Gasteiger partial charge in [-0.15, -0.1) is 10.2 Å². The van der Waals surface area contributed by atoms with Gasteiger partial charge in [0.05, 0.1) is 16.7 Å². The van der Waals surface area contributed by atoms with Crippen molar-refractivity contribution in [1.82, 2.24) is 20.2 Å². The average Bonchev–Trinajstić information content (AvgIpc) is 3.23. The highest BCUT2D eigenvalue weighted by Gasteiger charge is 2.22. The van der Waals surface area contributed by atoms with Crippen LogP contribution in [0.3, 0.4) is 0 Å². The molecule has 0 radical (unpaired) electrons. The fourth-order valence-electron chi connectivity index (χ4n) is 2.28. The highest BCUT2D eigenvalue weighted by Crippen LogP contribution is 2.31. The SMILES string of the molecule is Cc1cccc2c(=O)[nH]c(CSc3nnc(NC4CC4)s3)nc12. The molecule has 2 heterocycles. The van der Waals surface area contributed by atoms with Crippen molar-refractivity contribution in [3.05, 3.63) is 39.9 Å². The zero-order valence-electron chi connectivity index (χ0n) is 12.5. The molecule has 2 aromatic heterocycles.